The van der Waals surface area contributed by atoms with Gasteiger partial charge >= 0.3 is 0 Å². The number of amides is 1. The molecule has 0 saturated carbocycles. The van der Waals surface area contributed by atoms with Crippen molar-refractivity contribution in [3.8, 4) is 28.1 Å². The number of benzene rings is 3. The fraction of sp³-hybridized carbons (Fsp3) is 0.242. The van der Waals surface area contributed by atoms with Crippen LogP contribution in [0.1, 0.15) is 46.9 Å². The van der Waals surface area contributed by atoms with Crippen molar-refractivity contribution in [3.05, 3.63) is 101 Å². The number of rotatable bonds is 6. The number of carbonyl (C=O) groups excluding carboxylic acids is 1. The summed E-state index contributed by atoms with van der Waals surface area (Å²) in [5.74, 6) is 0.733. The van der Waals surface area contributed by atoms with Crippen molar-refractivity contribution in [2.75, 3.05) is 11.9 Å². The molecule has 0 spiro atoms. The molecule has 0 saturated heterocycles. The number of imidazole rings is 1. The molecule has 6 rings (SSSR count). The number of hydrogen-bond donors (Lipinski definition) is 1. The van der Waals surface area contributed by atoms with Gasteiger partial charge in [-0.3, -0.25) is 9.20 Å². The van der Waals surface area contributed by atoms with Crippen LogP contribution in [0.15, 0.2) is 79.0 Å². The second-order valence-electron chi connectivity index (χ2n) is 10.2. The Kier molecular flexibility index (Phi) is 6.28. The molecule has 5 aromatic rings. The molecule has 3 aromatic carbocycles. The average Bonchev–Trinajstić information content (AvgIpc) is 3.33. The molecule has 0 fully saturated rings. The monoisotopic (exact) mass is 503 g/mol. The third kappa shape index (κ3) is 4.28. The maximum atomic E-state index is 14.1. The number of ether oxygens (including phenoxy) is 1. The smallest absolute Gasteiger partial charge is 0.273 e. The Balaban J connectivity index is 1.58. The van der Waals surface area contributed by atoms with Gasteiger partial charge in [0.2, 0.25) is 0 Å². The number of aromatic nitrogens is 2. The number of nitrogens with zero attached hydrogens (tertiary/aromatic N) is 2. The first-order valence-electron chi connectivity index (χ1n) is 13.5. The van der Waals surface area contributed by atoms with Crippen molar-refractivity contribution in [1.29, 1.82) is 0 Å². The fourth-order valence-electron chi connectivity index (χ4n) is 5.67. The summed E-state index contributed by atoms with van der Waals surface area (Å²) in [5, 5.41) is 3.19. The van der Waals surface area contributed by atoms with Gasteiger partial charge in [0.1, 0.15) is 17.1 Å². The number of anilines is 1. The summed E-state index contributed by atoms with van der Waals surface area (Å²) in [6, 6.07) is 24.8. The molecule has 5 heteroatoms. The summed E-state index contributed by atoms with van der Waals surface area (Å²) in [4.78, 5) is 14.1. The van der Waals surface area contributed by atoms with Crippen LogP contribution in [0.5, 0.6) is 5.75 Å². The van der Waals surface area contributed by atoms with E-state index in [1.54, 1.807) is 0 Å². The van der Waals surface area contributed by atoms with Gasteiger partial charge in [0, 0.05) is 29.6 Å². The zero-order valence-electron chi connectivity index (χ0n) is 22.3. The van der Waals surface area contributed by atoms with E-state index in [-0.39, 0.29) is 5.91 Å². The van der Waals surface area contributed by atoms with Gasteiger partial charge in [-0.1, -0.05) is 54.1 Å². The zero-order valence-corrected chi connectivity index (χ0v) is 22.3. The Morgan fingerprint density at radius 2 is 1.68 bits per heavy atom. The molecule has 1 amide bonds. The molecule has 0 bridgehead atoms. The van der Waals surface area contributed by atoms with Crippen LogP contribution in [0.2, 0.25) is 0 Å². The lowest BCUT2D eigenvalue weighted by molar-refractivity contribution is 0.102. The van der Waals surface area contributed by atoms with Gasteiger partial charge in [0.05, 0.1) is 12.3 Å². The topological polar surface area (TPSA) is 47.7 Å². The third-order valence-electron chi connectivity index (χ3n) is 7.43. The first kappa shape index (κ1) is 24.1. The van der Waals surface area contributed by atoms with Gasteiger partial charge in [-0.05, 0) is 81.0 Å². The van der Waals surface area contributed by atoms with Crippen LogP contribution in [0.3, 0.4) is 0 Å². The summed E-state index contributed by atoms with van der Waals surface area (Å²) >= 11 is 0. The normalized spacial score (nSPS) is 12.9. The summed E-state index contributed by atoms with van der Waals surface area (Å²) in [7, 11) is 0. The Morgan fingerprint density at radius 3 is 2.42 bits per heavy atom. The minimum atomic E-state index is -0.103. The molecular formula is C33H33N3O2. The standard InChI is InChI=1S/C33H33N3O2/c1-4-38-27-17-15-25(16-18-27)30-28-10-5-6-19-35-29(24-13-11-22(2)12-14-24)21-36(33(28)35)31(30)32(37)34-26-9-7-8-23(3)20-26/h7-9,11-18,20-21H,4-6,10,19H2,1-3H3,(H,34,37). The van der Waals surface area contributed by atoms with E-state index in [1.807, 2.05) is 50.2 Å². The molecule has 0 aliphatic carbocycles. The summed E-state index contributed by atoms with van der Waals surface area (Å²) in [5.41, 5.74) is 10.5. The molecule has 1 aliphatic rings. The van der Waals surface area contributed by atoms with Gasteiger partial charge in [-0.2, -0.15) is 0 Å². The van der Waals surface area contributed by atoms with Gasteiger partial charge in [-0.25, -0.2) is 0 Å². The minimum Gasteiger partial charge on any atom is -0.494 e. The highest BCUT2D eigenvalue weighted by molar-refractivity contribution is 6.10. The highest BCUT2D eigenvalue weighted by atomic mass is 16.5. The summed E-state index contributed by atoms with van der Waals surface area (Å²) in [6.07, 6.45) is 5.27. The Hall–Kier alpha value is -4.25. The van der Waals surface area contributed by atoms with Gasteiger partial charge in [0.15, 0.2) is 0 Å². The third-order valence-corrected chi connectivity index (χ3v) is 7.43. The van der Waals surface area contributed by atoms with Crippen LogP contribution >= 0.6 is 0 Å². The van der Waals surface area contributed by atoms with E-state index in [1.165, 1.54) is 16.7 Å². The van der Waals surface area contributed by atoms with Gasteiger partial charge < -0.3 is 14.6 Å². The molecule has 38 heavy (non-hydrogen) atoms. The molecule has 1 N–H and O–H groups in total. The predicted octanol–water partition coefficient (Wildman–Crippen LogP) is 7.68. The Bertz CT molecular complexity index is 1620. The maximum absolute atomic E-state index is 14.1. The predicted molar refractivity (Wildman–Crippen MR) is 154 cm³/mol. The van der Waals surface area contributed by atoms with E-state index >= 15 is 0 Å². The van der Waals surface area contributed by atoms with Crippen LogP contribution in [0.4, 0.5) is 5.69 Å². The molecule has 0 radical (unpaired) electrons. The second-order valence-corrected chi connectivity index (χ2v) is 10.2. The lowest BCUT2D eigenvalue weighted by atomic mass is 9.97. The lowest BCUT2D eigenvalue weighted by Crippen LogP contribution is -2.15. The molecule has 192 valence electrons. The van der Waals surface area contributed by atoms with E-state index in [0.717, 1.165) is 65.3 Å². The number of aryl methyl sites for hydroxylation is 4. The van der Waals surface area contributed by atoms with Gasteiger partial charge in [0.25, 0.3) is 5.91 Å². The first-order chi connectivity index (χ1) is 18.5. The van der Waals surface area contributed by atoms with Crippen LogP contribution in [-0.2, 0) is 13.0 Å². The number of nitrogens with one attached hydrogen (secondary N) is 1. The van der Waals surface area contributed by atoms with Crippen molar-refractivity contribution >= 4 is 17.2 Å². The molecule has 3 heterocycles. The number of hydrogen-bond acceptors (Lipinski definition) is 2. The SMILES string of the molecule is CCOc1ccc(-c2c3c4n(c(-c5ccc(C)cc5)cn4c2C(=O)Nc2cccc(C)c2)CCCC3)cc1. The highest BCUT2D eigenvalue weighted by Crippen LogP contribution is 2.40. The second kappa shape index (κ2) is 9.90. The van der Waals surface area contributed by atoms with Crippen molar-refractivity contribution in [3.63, 3.8) is 0 Å². The largest absolute Gasteiger partial charge is 0.494 e. The molecule has 0 atom stereocenters. The van der Waals surface area contributed by atoms with Crippen molar-refractivity contribution in [1.82, 2.24) is 8.97 Å². The molecular weight excluding hydrogens is 470 g/mol. The Labute approximate surface area is 223 Å². The zero-order chi connectivity index (χ0) is 26.2. The lowest BCUT2D eigenvalue weighted by Gasteiger charge is -2.11. The van der Waals surface area contributed by atoms with E-state index < -0.39 is 0 Å². The van der Waals surface area contributed by atoms with Crippen molar-refractivity contribution < 1.29 is 9.53 Å². The molecule has 1 aliphatic heterocycles. The van der Waals surface area contributed by atoms with Crippen molar-refractivity contribution in [2.45, 2.75) is 46.6 Å². The van der Waals surface area contributed by atoms with Gasteiger partial charge in [-0.15, -0.1) is 0 Å². The van der Waals surface area contributed by atoms with Crippen LogP contribution in [0, 0.1) is 13.8 Å². The van der Waals surface area contributed by atoms with E-state index in [9.17, 15) is 4.79 Å². The van der Waals surface area contributed by atoms with Crippen LogP contribution < -0.4 is 10.1 Å². The first-order valence-corrected chi connectivity index (χ1v) is 13.5. The van der Waals surface area contributed by atoms with E-state index in [0.29, 0.717) is 12.3 Å². The van der Waals surface area contributed by atoms with E-state index in [2.05, 4.69) is 63.8 Å². The summed E-state index contributed by atoms with van der Waals surface area (Å²) < 4.78 is 10.2. The van der Waals surface area contributed by atoms with Crippen LogP contribution in [0.25, 0.3) is 28.0 Å². The molecule has 0 unspecified atom stereocenters. The quantitative estimate of drug-likeness (QED) is 0.258. The number of carbonyl (C=O) groups is 1. The fourth-order valence-corrected chi connectivity index (χ4v) is 5.67. The minimum absolute atomic E-state index is 0.103. The summed E-state index contributed by atoms with van der Waals surface area (Å²) in [6.45, 7) is 7.68. The van der Waals surface area contributed by atoms with Crippen LogP contribution in [-0.4, -0.2) is 21.5 Å². The average molecular weight is 504 g/mol. The molecule has 2 aromatic heterocycles. The Morgan fingerprint density at radius 1 is 0.921 bits per heavy atom. The highest BCUT2D eigenvalue weighted by Gasteiger charge is 2.29. The van der Waals surface area contributed by atoms with E-state index in [4.69, 9.17) is 4.74 Å². The van der Waals surface area contributed by atoms with Crippen molar-refractivity contribution in [2.24, 2.45) is 0 Å². The molecule has 5 nitrogen and oxygen atoms in total. The maximum Gasteiger partial charge on any atom is 0.273 e.